The number of nitrogens with zero attached hydrogens (tertiary/aromatic N) is 6. The SMILES string of the molecule is Cc1ccccc1NC(=O)CSc1nnc(Cc2nnc(SCC(=O)Nc3ccccc3C)n2-c2ccccc2)n1-c1ccccc1. The Hall–Kier alpha value is -5.20. The number of aromatic nitrogens is 6. The van der Waals surface area contributed by atoms with Crippen molar-refractivity contribution in [1.29, 1.82) is 0 Å². The molecule has 0 saturated heterocycles. The van der Waals surface area contributed by atoms with Crippen LogP contribution < -0.4 is 10.6 Å². The molecule has 2 N–H and O–H groups in total. The number of para-hydroxylation sites is 4. The van der Waals surface area contributed by atoms with E-state index in [2.05, 4.69) is 31.0 Å². The van der Waals surface area contributed by atoms with E-state index in [0.717, 1.165) is 33.9 Å². The van der Waals surface area contributed by atoms with E-state index in [1.54, 1.807) is 0 Å². The van der Waals surface area contributed by atoms with Crippen LogP contribution in [0.4, 0.5) is 11.4 Å². The third-order valence-electron chi connectivity index (χ3n) is 7.25. The lowest BCUT2D eigenvalue weighted by molar-refractivity contribution is -0.114. The summed E-state index contributed by atoms with van der Waals surface area (Å²) in [7, 11) is 0. The highest BCUT2D eigenvalue weighted by Crippen LogP contribution is 2.27. The third kappa shape index (κ3) is 7.79. The topological polar surface area (TPSA) is 120 Å². The molecule has 4 aromatic carbocycles. The van der Waals surface area contributed by atoms with Gasteiger partial charge in [0, 0.05) is 22.7 Å². The predicted octanol–water partition coefficient (Wildman–Crippen LogP) is 6.52. The lowest BCUT2D eigenvalue weighted by Crippen LogP contribution is -2.15. The number of thioether (sulfide) groups is 2. The first-order chi connectivity index (χ1) is 23.0. The van der Waals surface area contributed by atoms with E-state index in [4.69, 9.17) is 0 Å². The van der Waals surface area contributed by atoms with Crippen molar-refractivity contribution in [2.24, 2.45) is 0 Å². The molecule has 6 rings (SSSR count). The molecule has 0 aliphatic carbocycles. The Labute approximate surface area is 281 Å². The van der Waals surface area contributed by atoms with Crippen molar-refractivity contribution in [3.05, 3.63) is 132 Å². The van der Waals surface area contributed by atoms with Crippen LogP contribution in [0.15, 0.2) is 120 Å². The summed E-state index contributed by atoms with van der Waals surface area (Å²) < 4.78 is 3.89. The smallest absolute Gasteiger partial charge is 0.234 e. The van der Waals surface area contributed by atoms with E-state index in [0.29, 0.717) is 28.4 Å². The van der Waals surface area contributed by atoms with Crippen LogP contribution in [0.1, 0.15) is 22.8 Å². The quantitative estimate of drug-likeness (QED) is 0.143. The van der Waals surface area contributed by atoms with E-state index in [9.17, 15) is 9.59 Å². The normalized spacial score (nSPS) is 10.9. The van der Waals surface area contributed by atoms with Gasteiger partial charge in [-0.1, -0.05) is 96.3 Å². The fourth-order valence-electron chi connectivity index (χ4n) is 4.89. The minimum absolute atomic E-state index is 0.134. The van der Waals surface area contributed by atoms with Crippen LogP contribution in [0, 0.1) is 13.8 Å². The van der Waals surface area contributed by atoms with Gasteiger partial charge in [-0.3, -0.25) is 18.7 Å². The van der Waals surface area contributed by atoms with Crippen molar-refractivity contribution < 1.29 is 9.59 Å². The highest BCUT2D eigenvalue weighted by molar-refractivity contribution is 8.00. The van der Waals surface area contributed by atoms with Crippen molar-refractivity contribution in [3.8, 4) is 11.4 Å². The molecule has 0 spiro atoms. The maximum absolute atomic E-state index is 12.9. The van der Waals surface area contributed by atoms with Crippen molar-refractivity contribution in [1.82, 2.24) is 29.5 Å². The number of anilines is 2. The molecule has 0 saturated carbocycles. The summed E-state index contributed by atoms with van der Waals surface area (Å²) in [5.74, 6) is 1.32. The van der Waals surface area contributed by atoms with Gasteiger partial charge in [-0.05, 0) is 61.4 Å². The Morgan fingerprint density at radius 2 is 0.936 bits per heavy atom. The molecular weight excluding hydrogens is 629 g/mol. The summed E-state index contributed by atoms with van der Waals surface area (Å²) in [6.45, 7) is 3.92. The molecule has 236 valence electrons. The van der Waals surface area contributed by atoms with Crippen molar-refractivity contribution in [2.45, 2.75) is 30.6 Å². The second kappa shape index (κ2) is 14.9. The molecule has 12 heteroatoms. The van der Waals surface area contributed by atoms with Gasteiger partial charge in [0.05, 0.1) is 17.9 Å². The van der Waals surface area contributed by atoms with E-state index >= 15 is 0 Å². The van der Waals surface area contributed by atoms with Gasteiger partial charge < -0.3 is 10.6 Å². The van der Waals surface area contributed by atoms with Crippen LogP contribution in [0.2, 0.25) is 0 Å². The lowest BCUT2D eigenvalue weighted by Gasteiger charge is -2.13. The molecule has 0 unspecified atom stereocenters. The zero-order valence-electron chi connectivity index (χ0n) is 25.8. The molecule has 2 aromatic heterocycles. The number of amides is 2. The Morgan fingerprint density at radius 3 is 1.34 bits per heavy atom. The summed E-state index contributed by atoms with van der Waals surface area (Å²) >= 11 is 2.62. The first-order valence-electron chi connectivity index (χ1n) is 14.9. The zero-order chi connectivity index (χ0) is 32.6. The second-order valence-electron chi connectivity index (χ2n) is 10.6. The fourth-order valence-corrected chi connectivity index (χ4v) is 6.43. The Bertz CT molecular complexity index is 1850. The van der Waals surface area contributed by atoms with Gasteiger partial charge >= 0.3 is 0 Å². The monoisotopic (exact) mass is 660 g/mol. The molecule has 2 amide bonds. The highest BCUT2D eigenvalue weighted by atomic mass is 32.2. The van der Waals surface area contributed by atoms with E-state index in [1.165, 1.54) is 23.5 Å². The molecule has 0 aliphatic rings. The fraction of sp³-hybridized carbons (Fsp3) is 0.143. The lowest BCUT2D eigenvalue weighted by atomic mass is 10.2. The van der Waals surface area contributed by atoms with Crippen molar-refractivity contribution >= 4 is 46.7 Å². The highest BCUT2D eigenvalue weighted by Gasteiger charge is 2.22. The van der Waals surface area contributed by atoms with Gasteiger partial charge in [0.2, 0.25) is 11.8 Å². The van der Waals surface area contributed by atoms with Gasteiger partial charge in [-0.2, -0.15) is 0 Å². The van der Waals surface area contributed by atoms with E-state index in [1.807, 2.05) is 132 Å². The number of carbonyl (C=O) groups is 2. The predicted molar refractivity (Wildman–Crippen MR) is 187 cm³/mol. The minimum Gasteiger partial charge on any atom is -0.325 e. The average molecular weight is 661 g/mol. The second-order valence-corrected chi connectivity index (χ2v) is 12.5. The van der Waals surface area contributed by atoms with Gasteiger partial charge in [0.25, 0.3) is 0 Å². The van der Waals surface area contributed by atoms with Crippen LogP contribution >= 0.6 is 23.5 Å². The van der Waals surface area contributed by atoms with Crippen LogP contribution in [-0.2, 0) is 16.0 Å². The van der Waals surface area contributed by atoms with Crippen molar-refractivity contribution in [3.63, 3.8) is 0 Å². The number of benzene rings is 4. The summed E-state index contributed by atoms with van der Waals surface area (Å²) in [6, 6.07) is 34.9. The molecule has 0 radical (unpaired) electrons. The van der Waals surface area contributed by atoms with E-state index in [-0.39, 0.29) is 23.3 Å². The summed E-state index contributed by atoms with van der Waals surface area (Å²) in [6.07, 6.45) is 0.301. The van der Waals surface area contributed by atoms with E-state index < -0.39 is 0 Å². The maximum atomic E-state index is 12.9. The van der Waals surface area contributed by atoms with Gasteiger partial charge in [-0.15, -0.1) is 20.4 Å². The third-order valence-corrected chi connectivity index (χ3v) is 9.11. The molecule has 0 bridgehead atoms. The summed E-state index contributed by atoms with van der Waals surface area (Å²) in [5, 5.41) is 25.2. The van der Waals surface area contributed by atoms with Crippen LogP contribution in [0.25, 0.3) is 11.4 Å². The summed E-state index contributed by atoms with van der Waals surface area (Å²) in [4.78, 5) is 25.7. The minimum atomic E-state index is -0.134. The first kappa shape index (κ1) is 31.8. The van der Waals surface area contributed by atoms with Gasteiger partial charge in [-0.25, -0.2) is 0 Å². The number of hydrogen-bond acceptors (Lipinski definition) is 8. The number of hydrogen-bond donors (Lipinski definition) is 2. The van der Waals surface area contributed by atoms with Crippen LogP contribution in [0.5, 0.6) is 0 Å². The number of rotatable bonds is 12. The zero-order valence-corrected chi connectivity index (χ0v) is 27.5. The molecule has 0 fully saturated rings. The van der Waals surface area contributed by atoms with Gasteiger partial charge in [0.1, 0.15) is 11.6 Å². The largest absolute Gasteiger partial charge is 0.325 e. The Morgan fingerprint density at radius 1 is 0.553 bits per heavy atom. The van der Waals surface area contributed by atoms with Crippen LogP contribution in [-0.4, -0.2) is 52.8 Å². The standard InChI is InChI=1S/C35H32N8O2S2/c1-24-13-9-11-19-28(24)36-32(44)22-46-34-40-38-30(42(34)26-15-5-3-6-16-26)21-31-39-41-35(43(31)27-17-7-4-8-18-27)47-23-33(45)37-29-20-12-10-14-25(29)2/h3-20H,21-23H2,1-2H3,(H,36,44)(H,37,45). The molecule has 47 heavy (non-hydrogen) atoms. The molecule has 10 nitrogen and oxygen atoms in total. The first-order valence-corrected chi connectivity index (χ1v) is 16.9. The molecular formula is C35H32N8O2S2. The Kier molecular flexibility index (Phi) is 10.1. The van der Waals surface area contributed by atoms with Crippen LogP contribution in [0.3, 0.4) is 0 Å². The number of carbonyl (C=O) groups excluding carboxylic acids is 2. The Balaban J connectivity index is 1.25. The maximum Gasteiger partial charge on any atom is 0.234 e. The average Bonchev–Trinajstić information content (AvgIpc) is 3.69. The molecule has 0 aliphatic heterocycles. The number of nitrogens with one attached hydrogen (secondary N) is 2. The molecule has 6 aromatic rings. The number of aryl methyl sites for hydroxylation is 2. The summed E-state index contributed by atoms with van der Waals surface area (Å²) in [5.41, 5.74) is 5.28. The molecule has 0 atom stereocenters. The molecule has 2 heterocycles. The van der Waals surface area contributed by atoms with Crippen molar-refractivity contribution in [2.75, 3.05) is 22.1 Å². The van der Waals surface area contributed by atoms with Gasteiger partial charge in [0.15, 0.2) is 10.3 Å².